The van der Waals surface area contributed by atoms with Crippen LogP contribution in [0, 0.1) is 0 Å². The van der Waals surface area contributed by atoms with Gasteiger partial charge in [-0.15, -0.1) is 0 Å². The average Bonchev–Trinajstić information content (AvgIpc) is 3.02. The fourth-order valence-electron chi connectivity index (χ4n) is 6.06. The summed E-state index contributed by atoms with van der Waals surface area (Å²) in [5.74, 6) is 0. The molecule has 0 aliphatic carbocycles. The van der Waals surface area contributed by atoms with Crippen LogP contribution in [0.2, 0.25) is 0 Å². The van der Waals surface area contributed by atoms with E-state index < -0.39 is 0 Å². The van der Waals surface area contributed by atoms with E-state index in [2.05, 4.69) is 98.8 Å². The number of nitrogens with two attached hydrogens (primary N) is 2. The van der Waals surface area contributed by atoms with E-state index in [1.54, 1.807) is 0 Å². The molecule has 43 heavy (non-hydrogen) atoms. The van der Waals surface area contributed by atoms with Crippen LogP contribution in [-0.2, 0) is 38.5 Å². The van der Waals surface area contributed by atoms with Crippen molar-refractivity contribution in [2.24, 2.45) is 0 Å². The number of hydrogen-bond donors (Lipinski definition) is 2. The first kappa shape index (κ1) is 32.4. The molecule has 0 saturated carbocycles. The second kappa shape index (κ2) is 17.6. The molecule has 4 rings (SSSR count). The highest BCUT2D eigenvalue weighted by Gasteiger charge is 2.05. The van der Waals surface area contributed by atoms with Crippen molar-refractivity contribution in [1.82, 2.24) is 0 Å². The SMILES string of the molecule is CCCCCc1cc(Cc2ccc(CCCCCc3ccc(Cc4ccc(N)c(CCCCC)c4)cc3)cc2)ccc1N. The van der Waals surface area contributed by atoms with Crippen LogP contribution in [0.15, 0.2) is 84.9 Å². The summed E-state index contributed by atoms with van der Waals surface area (Å²) in [6.45, 7) is 4.49. The summed E-state index contributed by atoms with van der Waals surface area (Å²) < 4.78 is 0. The average molecular weight is 575 g/mol. The van der Waals surface area contributed by atoms with Crippen LogP contribution in [0.25, 0.3) is 0 Å². The third kappa shape index (κ3) is 10.9. The number of rotatable bonds is 18. The number of anilines is 2. The Bertz CT molecular complexity index is 1260. The molecule has 228 valence electrons. The summed E-state index contributed by atoms with van der Waals surface area (Å²) in [6, 6.07) is 31.7. The molecule has 0 saturated heterocycles. The van der Waals surface area contributed by atoms with E-state index in [9.17, 15) is 0 Å². The molecule has 0 radical (unpaired) electrons. The van der Waals surface area contributed by atoms with Gasteiger partial charge >= 0.3 is 0 Å². The molecule has 0 bridgehead atoms. The third-order valence-electron chi connectivity index (χ3n) is 8.81. The summed E-state index contributed by atoms with van der Waals surface area (Å²) in [5.41, 5.74) is 25.3. The Kier molecular flexibility index (Phi) is 13.2. The van der Waals surface area contributed by atoms with E-state index in [1.165, 1.54) is 102 Å². The van der Waals surface area contributed by atoms with Crippen molar-refractivity contribution in [2.45, 2.75) is 110 Å². The van der Waals surface area contributed by atoms with Crippen molar-refractivity contribution in [1.29, 1.82) is 0 Å². The maximum atomic E-state index is 6.24. The smallest absolute Gasteiger partial charge is 0.0346 e. The van der Waals surface area contributed by atoms with Gasteiger partial charge in [-0.2, -0.15) is 0 Å². The van der Waals surface area contributed by atoms with E-state index in [0.29, 0.717) is 0 Å². The van der Waals surface area contributed by atoms with Crippen molar-refractivity contribution in [3.63, 3.8) is 0 Å². The molecular formula is C41H54N2. The van der Waals surface area contributed by atoms with E-state index in [0.717, 1.165) is 49.9 Å². The van der Waals surface area contributed by atoms with E-state index >= 15 is 0 Å². The van der Waals surface area contributed by atoms with Gasteiger partial charge in [-0.3, -0.25) is 0 Å². The lowest BCUT2D eigenvalue weighted by atomic mass is 9.97. The minimum absolute atomic E-state index is 0.938. The molecule has 0 aliphatic heterocycles. The molecule has 2 heteroatoms. The second-order valence-electron chi connectivity index (χ2n) is 12.5. The van der Waals surface area contributed by atoms with Gasteiger partial charge in [0.15, 0.2) is 0 Å². The standard InChI is InChI=1S/C41H54N2/c1-3-5-8-14-38-30-36(24-26-40(38)42)28-34-20-16-32(17-21-34)12-10-7-11-13-33-18-22-35(23-19-33)29-37-25-27-41(43)39(31-37)15-9-6-4-2/h16-27,30-31H,3-15,28-29,42-43H2,1-2H3. The molecule has 4 aromatic rings. The van der Waals surface area contributed by atoms with Crippen LogP contribution in [0.4, 0.5) is 11.4 Å². The van der Waals surface area contributed by atoms with Crippen LogP contribution >= 0.6 is 0 Å². The van der Waals surface area contributed by atoms with E-state index in [1.807, 2.05) is 0 Å². The molecule has 4 N–H and O–H groups in total. The molecule has 2 nitrogen and oxygen atoms in total. The van der Waals surface area contributed by atoms with Crippen molar-refractivity contribution < 1.29 is 0 Å². The molecule has 0 atom stereocenters. The van der Waals surface area contributed by atoms with Gasteiger partial charge in [0.2, 0.25) is 0 Å². The summed E-state index contributed by atoms with van der Waals surface area (Å²) in [4.78, 5) is 0. The minimum Gasteiger partial charge on any atom is -0.399 e. The van der Waals surface area contributed by atoms with E-state index in [4.69, 9.17) is 11.5 Å². The van der Waals surface area contributed by atoms with Gasteiger partial charge in [0.05, 0.1) is 0 Å². The Morgan fingerprint density at radius 3 is 1.12 bits per heavy atom. The molecule has 0 spiro atoms. The minimum atomic E-state index is 0.938. The first-order valence-electron chi connectivity index (χ1n) is 16.9. The van der Waals surface area contributed by atoms with E-state index in [-0.39, 0.29) is 0 Å². The van der Waals surface area contributed by atoms with Crippen LogP contribution in [0.5, 0.6) is 0 Å². The molecule has 0 aromatic heterocycles. The van der Waals surface area contributed by atoms with Gasteiger partial charge in [-0.05, 0) is 121 Å². The topological polar surface area (TPSA) is 52.0 Å². The summed E-state index contributed by atoms with van der Waals surface area (Å²) >= 11 is 0. The Morgan fingerprint density at radius 2 is 0.721 bits per heavy atom. The molecule has 4 aromatic carbocycles. The number of benzene rings is 4. The van der Waals surface area contributed by atoms with Gasteiger partial charge in [0, 0.05) is 11.4 Å². The quantitative estimate of drug-likeness (QED) is 0.0917. The second-order valence-corrected chi connectivity index (χ2v) is 12.5. The number of unbranched alkanes of at least 4 members (excludes halogenated alkanes) is 6. The molecular weight excluding hydrogens is 520 g/mol. The normalized spacial score (nSPS) is 11.2. The zero-order chi connectivity index (χ0) is 30.3. The maximum absolute atomic E-state index is 6.24. The number of aryl methyl sites for hydroxylation is 4. The largest absolute Gasteiger partial charge is 0.399 e. The van der Waals surface area contributed by atoms with Crippen LogP contribution in [0.1, 0.15) is 116 Å². The molecule has 0 unspecified atom stereocenters. The fraction of sp³-hybridized carbons (Fsp3) is 0.415. The maximum Gasteiger partial charge on any atom is 0.0346 e. The summed E-state index contributed by atoms with van der Waals surface area (Å²) in [7, 11) is 0. The van der Waals surface area contributed by atoms with Crippen molar-refractivity contribution in [3.05, 3.63) is 129 Å². The Labute approximate surface area is 261 Å². The number of nitrogen functional groups attached to an aromatic ring is 2. The van der Waals surface area contributed by atoms with Crippen molar-refractivity contribution in [3.8, 4) is 0 Å². The lowest BCUT2D eigenvalue weighted by molar-refractivity contribution is 0.678. The summed E-state index contributed by atoms with van der Waals surface area (Å²) in [6.07, 6.45) is 17.6. The molecule has 0 amide bonds. The van der Waals surface area contributed by atoms with Crippen LogP contribution in [0.3, 0.4) is 0 Å². The first-order valence-corrected chi connectivity index (χ1v) is 16.9. The van der Waals surface area contributed by atoms with Gasteiger partial charge in [0.1, 0.15) is 0 Å². The predicted octanol–water partition coefficient (Wildman–Crippen LogP) is 10.5. The summed E-state index contributed by atoms with van der Waals surface area (Å²) in [5, 5.41) is 0. The number of hydrogen-bond acceptors (Lipinski definition) is 2. The van der Waals surface area contributed by atoms with Crippen LogP contribution < -0.4 is 11.5 Å². The van der Waals surface area contributed by atoms with Crippen molar-refractivity contribution in [2.75, 3.05) is 11.5 Å². The zero-order valence-corrected chi connectivity index (χ0v) is 26.8. The lowest BCUT2D eigenvalue weighted by Crippen LogP contribution is -1.98. The molecule has 0 aliphatic rings. The lowest BCUT2D eigenvalue weighted by Gasteiger charge is -2.10. The monoisotopic (exact) mass is 574 g/mol. The Hall–Kier alpha value is -3.52. The first-order chi connectivity index (χ1) is 21.0. The third-order valence-corrected chi connectivity index (χ3v) is 8.81. The van der Waals surface area contributed by atoms with Gasteiger partial charge in [-0.1, -0.05) is 119 Å². The van der Waals surface area contributed by atoms with Gasteiger partial charge < -0.3 is 11.5 Å². The molecule has 0 fully saturated rings. The zero-order valence-electron chi connectivity index (χ0n) is 26.8. The Morgan fingerprint density at radius 1 is 0.372 bits per heavy atom. The molecule has 0 heterocycles. The van der Waals surface area contributed by atoms with Gasteiger partial charge in [-0.25, -0.2) is 0 Å². The highest BCUT2D eigenvalue weighted by molar-refractivity contribution is 5.50. The highest BCUT2D eigenvalue weighted by atomic mass is 14.6. The highest BCUT2D eigenvalue weighted by Crippen LogP contribution is 2.22. The predicted molar refractivity (Wildman–Crippen MR) is 188 cm³/mol. The van der Waals surface area contributed by atoms with Crippen LogP contribution in [-0.4, -0.2) is 0 Å². The van der Waals surface area contributed by atoms with Crippen molar-refractivity contribution >= 4 is 11.4 Å². The fourth-order valence-corrected chi connectivity index (χ4v) is 6.06. The Balaban J connectivity index is 1.16. The van der Waals surface area contributed by atoms with Gasteiger partial charge in [0.25, 0.3) is 0 Å².